The maximum Gasteiger partial charge on any atom is 0.231 e. The minimum Gasteiger partial charge on any atom is -0.497 e. The van der Waals surface area contributed by atoms with E-state index in [2.05, 4.69) is 20.8 Å². The number of hydrogen-bond acceptors (Lipinski definition) is 6. The molecule has 0 atom stereocenters. The van der Waals surface area contributed by atoms with Crippen molar-refractivity contribution < 1.29 is 14.2 Å². The first kappa shape index (κ1) is 23.6. The summed E-state index contributed by atoms with van der Waals surface area (Å²) in [6.45, 7) is 3.80. The summed E-state index contributed by atoms with van der Waals surface area (Å²) in [5, 5.41) is 15.0. The number of fused-ring (bicyclic) bond motifs is 1. The number of aliphatic imine (C=N–C) groups is 1. The second-order valence-electron chi connectivity index (χ2n) is 7.13. The van der Waals surface area contributed by atoms with Crippen LogP contribution in [0.15, 0.2) is 47.5 Å². The molecular formula is C22H27IN6O3. The molecule has 0 amide bonds. The van der Waals surface area contributed by atoms with E-state index < -0.39 is 0 Å². The number of ether oxygens (including phenoxy) is 3. The maximum atomic E-state index is 5.46. The van der Waals surface area contributed by atoms with Crippen molar-refractivity contribution in [2.45, 2.75) is 26.6 Å². The molecule has 10 heteroatoms. The van der Waals surface area contributed by atoms with Gasteiger partial charge in [-0.1, -0.05) is 18.2 Å². The number of hydrogen-bond donors (Lipinski definition) is 2. The van der Waals surface area contributed by atoms with Gasteiger partial charge in [-0.15, -0.1) is 34.2 Å². The van der Waals surface area contributed by atoms with Gasteiger partial charge >= 0.3 is 0 Å². The topological polar surface area (TPSA) is 94.8 Å². The number of rotatable bonds is 7. The lowest BCUT2D eigenvalue weighted by Crippen LogP contribution is -2.37. The lowest BCUT2D eigenvalue weighted by atomic mass is 10.2. The van der Waals surface area contributed by atoms with Crippen LogP contribution in [-0.4, -0.2) is 34.6 Å². The summed E-state index contributed by atoms with van der Waals surface area (Å²) in [5.41, 5.74) is 2.15. The van der Waals surface area contributed by atoms with E-state index in [1.165, 1.54) is 0 Å². The minimum atomic E-state index is 0. The third-order valence-electron chi connectivity index (χ3n) is 5.07. The van der Waals surface area contributed by atoms with E-state index in [4.69, 9.17) is 19.2 Å². The fraction of sp³-hybridized carbons (Fsp3) is 0.318. The van der Waals surface area contributed by atoms with Gasteiger partial charge in [0.15, 0.2) is 23.3 Å². The molecule has 0 bridgehead atoms. The number of aromatic nitrogens is 3. The molecule has 1 aliphatic rings. The minimum absolute atomic E-state index is 0. The molecule has 2 N–H and O–H groups in total. The average Bonchev–Trinajstić information content (AvgIpc) is 3.40. The van der Waals surface area contributed by atoms with Crippen molar-refractivity contribution in [1.82, 2.24) is 25.4 Å². The summed E-state index contributed by atoms with van der Waals surface area (Å²) in [7, 11) is 3.60. The first-order valence-corrected chi connectivity index (χ1v) is 10.0. The predicted molar refractivity (Wildman–Crippen MR) is 132 cm³/mol. The summed E-state index contributed by atoms with van der Waals surface area (Å²) in [4.78, 5) is 4.74. The molecule has 2 aromatic carbocycles. The third-order valence-corrected chi connectivity index (χ3v) is 5.07. The van der Waals surface area contributed by atoms with Crippen LogP contribution in [0.5, 0.6) is 17.2 Å². The van der Waals surface area contributed by atoms with Crippen LogP contribution in [0, 0.1) is 6.92 Å². The molecule has 0 spiro atoms. The predicted octanol–water partition coefficient (Wildman–Crippen LogP) is 2.91. The Kier molecular flexibility index (Phi) is 8.14. The highest BCUT2D eigenvalue weighted by Gasteiger charge is 2.13. The van der Waals surface area contributed by atoms with Crippen molar-refractivity contribution in [3.05, 3.63) is 65.2 Å². The maximum absolute atomic E-state index is 5.46. The van der Waals surface area contributed by atoms with Crippen LogP contribution in [0.3, 0.4) is 0 Å². The third kappa shape index (κ3) is 5.81. The Hall–Kier alpha value is -3.02. The number of guanidine groups is 1. The van der Waals surface area contributed by atoms with Gasteiger partial charge in [-0.3, -0.25) is 0 Å². The summed E-state index contributed by atoms with van der Waals surface area (Å²) in [6.07, 6.45) is 0. The van der Waals surface area contributed by atoms with Crippen LogP contribution in [0.2, 0.25) is 0 Å². The summed E-state index contributed by atoms with van der Waals surface area (Å²) < 4.78 is 18.0. The fourth-order valence-corrected chi connectivity index (χ4v) is 3.08. The van der Waals surface area contributed by atoms with E-state index in [0.29, 0.717) is 25.6 Å². The number of aryl methyl sites for hydroxylation is 1. The van der Waals surface area contributed by atoms with Crippen molar-refractivity contribution in [2.24, 2.45) is 12.0 Å². The largest absolute Gasteiger partial charge is 0.497 e. The van der Waals surface area contributed by atoms with Gasteiger partial charge in [0.2, 0.25) is 6.79 Å². The van der Waals surface area contributed by atoms with Crippen LogP contribution in [0.4, 0.5) is 0 Å². The second-order valence-corrected chi connectivity index (χ2v) is 7.13. The van der Waals surface area contributed by atoms with Crippen molar-refractivity contribution in [3.8, 4) is 17.2 Å². The van der Waals surface area contributed by atoms with E-state index in [0.717, 1.165) is 40.0 Å². The zero-order valence-corrected chi connectivity index (χ0v) is 20.6. The lowest BCUT2D eigenvalue weighted by Gasteiger charge is -2.13. The molecule has 0 saturated carbocycles. The normalized spacial score (nSPS) is 12.3. The van der Waals surface area contributed by atoms with Gasteiger partial charge in [0, 0.05) is 13.6 Å². The van der Waals surface area contributed by atoms with Crippen molar-refractivity contribution in [1.29, 1.82) is 0 Å². The molecule has 170 valence electrons. The van der Waals surface area contributed by atoms with E-state index in [9.17, 15) is 0 Å². The van der Waals surface area contributed by atoms with Gasteiger partial charge < -0.3 is 29.4 Å². The van der Waals surface area contributed by atoms with Gasteiger partial charge in [-0.05, 0) is 42.3 Å². The zero-order chi connectivity index (χ0) is 21.6. The first-order valence-electron chi connectivity index (χ1n) is 10.0. The molecule has 4 rings (SSSR count). The fourth-order valence-electron chi connectivity index (χ4n) is 3.08. The Bertz CT molecular complexity index is 1070. The van der Waals surface area contributed by atoms with Crippen LogP contribution in [0.1, 0.15) is 22.8 Å². The molecule has 3 aromatic rings. The Balaban J connectivity index is 0.00000289. The van der Waals surface area contributed by atoms with Gasteiger partial charge in [0.05, 0.1) is 20.2 Å². The molecule has 32 heavy (non-hydrogen) atoms. The molecule has 0 radical (unpaired) electrons. The molecule has 1 aliphatic heterocycles. The average molecular weight is 550 g/mol. The smallest absolute Gasteiger partial charge is 0.231 e. The van der Waals surface area contributed by atoms with E-state index >= 15 is 0 Å². The van der Waals surface area contributed by atoms with E-state index in [-0.39, 0.29) is 30.8 Å². The van der Waals surface area contributed by atoms with E-state index in [1.54, 1.807) is 7.11 Å². The first-order chi connectivity index (χ1) is 15.1. The van der Waals surface area contributed by atoms with Crippen molar-refractivity contribution >= 4 is 29.9 Å². The quantitative estimate of drug-likeness (QED) is 0.266. The number of nitrogens with one attached hydrogen (secondary N) is 2. The monoisotopic (exact) mass is 550 g/mol. The second kappa shape index (κ2) is 11.0. The molecule has 1 aromatic heterocycles. The standard InChI is InChI=1S/C22H26N6O3.HI/c1-15-26-27-21(28(15)2)13-25-22(23-11-16-4-7-18(29-3)8-5-16)24-12-17-6-9-19-20(10-17)31-14-30-19;/h4-10H,11-14H2,1-3H3,(H2,23,24,25);1H. The van der Waals surface area contributed by atoms with Crippen LogP contribution in [-0.2, 0) is 26.7 Å². The summed E-state index contributed by atoms with van der Waals surface area (Å²) >= 11 is 0. The lowest BCUT2D eigenvalue weighted by molar-refractivity contribution is 0.174. The number of nitrogens with zero attached hydrogens (tertiary/aromatic N) is 4. The molecule has 9 nitrogen and oxygen atoms in total. The molecule has 2 heterocycles. The summed E-state index contributed by atoms with van der Waals surface area (Å²) in [5.74, 6) is 4.72. The zero-order valence-electron chi connectivity index (χ0n) is 18.3. The highest BCUT2D eigenvalue weighted by atomic mass is 127. The molecule has 0 aliphatic carbocycles. The van der Waals surface area contributed by atoms with Crippen LogP contribution in [0.25, 0.3) is 0 Å². The van der Waals surface area contributed by atoms with Gasteiger partial charge in [-0.2, -0.15) is 0 Å². The summed E-state index contributed by atoms with van der Waals surface area (Å²) in [6, 6.07) is 13.8. The van der Waals surface area contributed by atoms with Gasteiger partial charge in [0.1, 0.15) is 11.6 Å². The number of halogens is 1. The number of methoxy groups -OCH3 is 1. The van der Waals surface area contributed by atoms with Crippen molar-refractivity contribution in [2.75, 3.05) is 13.9 Å². The van der Waals surface area contributed by atoms with Gasteiger partial charge in [0.25, 0.3) is 0 Å². The SMILES string of the molecule is COc1ccc(CNC(=NCc2ccc3c(c2)OCO3)NCc2nnc(C)n2C)cc1.I. The van der Waals surface area contributed by atoms with Gasteiger partial charge in [-0.25, -0.2) is 4.99 Å². The Labute approximate surface area is 204 Å². The molecule has 0 fully saturated rings. The Morgan fingerprint density at radius 3 is 2.47 bits per heavy atom. The molecule has 0 unspecified atom stereocenters. The highest BCUT2D eigenvalue weighted by Crippen LogP contribution is 2.32. The van der Waals surface area contributed by atoms with Crippen molar-refractivity contribution in [3.63, 3.8) is 0 Å². The molecular weight excluding hydrogens is 523 g/mol. The Morgan fingerprint density at radius 1 is 1.03 bits per heavy atom. The van der Waals surface area contributed by atoms with E-state index in [1.807, 2.05) is 61.0 Å². The molecule has 0 saturated heterocycles. The number of benzene rings is 2. The highest BCUT2D eigenvalue weighted by molar-refractivity contribution is 14.0. The Morgan fingerprint density at radius 2 is 1.75 bits per heavy atom. The van der Waals surface area contributed by atoms with Crippen LogP contribution >= 0.6 is 24.0 Å². The van der Waals surface area contributed by atoms with Crippen LogP contribution < -0.4 is 24.8 Å².